The highest BCUT2D eigenvalue weighted by Crippen LogP contribution is 2.31. The molecular weight excluding hydrogens is 302 g/mol. The van der Waals surface area contributed by atoms with E-state index in [0.717, 1.165) is 32.4 Å². The second-order valence-electron chi connectivity index (χ2n) is 7.50. The maximum Gasteiger partial charge on any atom is 0.297 e. The number of fused-ring (bicyclic) bond motifs is 1. The molecule has 1 aromatic heterocycles. The molecule has 0 spiro atoms. The largest absolute Gasteiger partial charge is 0.342 e. The van der Waals surface area contributed by atoms with Crippen LogP contribution in [0.4, 0.5) is 8.78 Å². The summed E-state index contributed by atoms with van der Waals surface area (Å²) in [6.07, 6.45) is 1.81. The molecule has 0 bridgehead atoms. The lowest BCUT2D eigenvalue weighted by molar-refractivity contribution is -0.137. The van der Waals surface area contributed by atoms with Gasteiger partial charge in [-0.1, -0.05) is 20.3 Å². The lowest BCUT2D eigenvalue weighted by Gasteiger charge is -2.33. The van der Waals surface area contributed by atoms with Crippen LogP contribution in [-0.2, 0) is 17.8 Å². The van der Waals surface area contributed by atoms with Crippen LogP contribution in [-0.4, -0.2) is 38.7 Å². The van der Waals surface area contributed by atoms with Crippen molar-refractivity contribution in [2.75, 3.05) is 13.1 Å². The molecule has 7 heteroatoms. The minimum absolute atomic E-state index is 0.0968. The molecule has 0 saturated carbocycles. The Labute approximate surface area is 135 Å². The van der Waals surface area contributed by atoms with Gasteiger partial charge in [0.2, 0.25) is 5.91 Å². The van der Waals surface area contributed by atoms with Crippen LogP contribution in [0.25, 0.3) is 0 Å². The molecule has 0 N–H and O–H groups in total. The van der Waals surface area contributed by atoms with Gasteiger partial charge in [0.05, 0.1) is 5.92 Å². The van der Waals surface area contributed by atoms with Gasteiger partial charge >= 0.3 is 0 Å². The molecule has 1 amide bonds. The fraction of sp³-hybridized carbons (Fsp3) is 0.812. The standard InChI is InChI=1S/C16H24F2N4O/c1-16(2)7-3-4-8-21(10-16)15(23)11-5-6-12-19-20-14(13(17)18)22(12)9-11/h11,13H,3-10H2,1-2H3. The van der Waals surface area contributed by atoms with Crippen molar-refractivity contribution in [3.63, 3.8) is 0 Å². The summed E-state index contributed by atoms with van der Waals surface area (Å²) in [6.45, 7) is 6.17. The summed E-state index contributed by atoms with van der Waals surface area (Å²) in [5, 5.41) is 7.41. The predicted octanol–water partition coefficient (Wildman–Crippen LogP) is 2.82. The Morgan fingerprint density at radius 1 is 1.30 bits per heavy atom. The number of carbonyl (C=O) groups is 1. The van der Waals surface area contributed by atoms with Crippen LogP contribution < -0.4 is 0 Å². The third-order valence-electron chi connectivity index (χ3n) is 4.98. The number of carbonyl (C=O) groups excluding carboxylic acids is 1. The maximum absolute atomic E-state index is 13.0. The summed E-state index contributed by atoms with van der Waals surface area (Å²) < 4.78 is 27.5. The molecule has 1 aromatic rings. The molecule has 128 valence electrons. The zero-order chi connectivity index (χ0) is 16.6. The Bertz CT molecular complexity index is 585. The van der Waals surface area contributed by atoms with Gasteiger partial charge in [-0.2, -0.15) is 0 Å². The maximum atomic E-state index is 13.0. The number of aryl methyl sites for hydroxylation is 1. The zero-order valence-electron chi connectivity index (χ0n) is 13.8. The molecule has 5 nitrogen and oxygen atoms in total. The molecule has 3 heterocycles. The van der Waals surface area contributed by atoms with E-state index >= 15 is 0 Å². The first-order valence-corrected chi connectivity index (χ1v) is 8.36. The Kier molecular flexibility index (Phi) is 4.38. The number of amides is 1. The second-order valence-corrected chi connectivity index (χ2v) is 7.50. The summed E-state index contributed by atoms with van der Waals surface area (Å²) in [5.41, 5.74) is 0.122. The van der Waals surface area contributed by atoms with Gasteiger partial charge < -0.3 is 9.47 Å². The lowest BCUT2D eigenvalue weighted by atomic mass is 9.87. The Balaban J connectivity index is 1.74. The molecule has 23 heavy (non-hydrogen) atoms. The summed E-state index contributed by atoms with van der Waals surface area (Å²) in [6, 6.07) is 0. The van der Waals surface area contributed by atoms with E-state index in [1.165, 1.54) is 4.57 Å². The van der Waals surface area contributed by atoms with Crippen LogP contribution in [0, 0.1) is 11.3 Å². The van der Waals surface area contributed by atoms with E-state index < -0.39 is 6.43 Å². The van der Waals surface area contributed by atoms with Gasteiger partial charge in [0.25, 0.3) is 6.43 Å². The summed E-state index contributed by atoms with van der Waals surface area (Å²) in [5.74, 6) is 0.110. The lowest BCUT2D eigenvalue weighted by Crippen LogP contribution is -2.43. The highest BCUT2D eigenvalue weighted by Gasteiger charge is 2.35. The Morgan fingerprint density at radius 3 is 2.83 bits per heavy atom. The van der Waals surface area contributed by atoms with Crippen LogP contribution in [0.15, 0.2) is 0 Å². The Hall–Kier alpha value is -1.53. The summed E-state index contributed by atoms with van der Waals surface area (Å²) >= 11 is 0. The highest BCUT2D eigenvalue weighted by atomic mass is 19.3. The quantitative estimate of drug-likeness (QED) is 0.840. The van der Waals surface area contributed by atoms with Crippen molar-refractivity contribution < 1.29 is 13.6 Å². The normalized spacial score (nSPS) is 24.4. The third-order valence-corrected chi connectivity index (χ3v) is 4.98. The third kappa shape index (κ3) is 3.38. The van der Waals surface area contributed by atoms with E-state index in [1.54, 1.807) is 0 Å². The average molecular weight is 326 g/mol. The Morgan fingerprint density at radius 2 is 2.09 bits per heavy atom. The zero-order valence-corrected chi connectivity index (χ0v) is 13.8. The highest BCUT2D eigenvalue weighted by molar-refractivity contribution is 5.79. The van der Waals surface area contributed by atoms with Crippen molar-refractivity contribution in [3.8, 4) is 0 Å². The van der Waals surface area contributed by atoms with Crippen molar-refractivity contribution in [2.24, 2.45) is 11.3 Å². The van der Waals surface area contributed by atoms with Crippen molar-refractivity contribution in [1.29, 1.82) is 0 Å². The van der Waals surface area contributed by atoms with Gasteiger partial charge in [-0.15, -0.1) is 10.2 Å². The summed E-state index contributed by atoms with van der Waals surface area (Å²) in [7, 11) is 0. The van der Waals surface area contributed by atoms with E-state index in [0.29, 0.717) is 18.7 Å². The van der Waals surface area contributed by atoms with E-state index in [1.807, 2.05) is 4.90 Å². The number of halogens is 2. The van der Waals surface area contributed by atoms with Gasteiger partial charge in [-0.3, -0.25) is 4.79 Å². The van der Waals surface area contributed by atoms with Crippen LogP contribution in [0.5, 0.6) is 0 Å². The number of aromatic nitrogens is 3. The van der Waals surface area contributed by atoms with Gasteiger partial charge in [0.1, 0.15) is 5.82 Å². The number of hydrogen-bond acceptors (Lipinski definition) is 3. The fourth-order valence-electron chi connectivity index (χ4n) is 3.74. The molecule has 0 radical (unpaired) electrons. The van der Waals surface area contributed by atoms with E-state index in [9.17, 15) is 13.6 Å². The number of nitrogens with zero attached hydrogens (tertiary/aromatic N) is 4. The second kappa shape index (κ2) is 6.17. The number of hydrogen-bond donors (Lipinski definition) is 0. The minimum Gasteiger partial charge on any atom is -0.342 e. The molecule has 1 unspecified atom stereocenters. The van der Waals surface area contributed by atoms with Gasteiger partial charge in [0.15, 0.2) is 5.82 Å². The molecule has 3 rings (SSSR count). The van der Waals surface area contributed by atoms with Crippen molar-refractivity contribution in [1.82, 2.24) is 19.7 Å². The molecule has 2 aliphatic heterocycles. The predicted molar refractivity (Wildman–Crippen MR) is 81.0 cm³/mol. The van der Waals surface area contributed by atoms with Gasteiger partial charge in [-0.05, 0) is 24.7 Å². The molecule has 1 atom stereocenters. The van der Waals surface area contributed by atoms with Gasteiger partial charge in [-0.25, -0.2) is 8.78 Å². The SMILES string of the molecule is CC1(C)CCCCN(C(=O)C2CCc3nnc(C(F)F)n3C2)C1. The van der Waals surface area contributed by atoms with Crippen molar-refractivity contribution in [3.05, 3.63) is 11.6 Å². The number of rotatable bonds is 2. The van der Waals surface area contributed by atoms with E-state index in [2.05, 4.69) is 24.0 Å². The molecule has 1 saturated heterocycles. The number of alkyl halides is 2. The van der Waals surface area contributed by atoms with E-state index in [4.69, 9.17) is 0 Å². The minimum atomic E-state index is -2.65. The molecular formula is C16H24F2N4O. The topological polar surface area (TPSA) is 51.0 Å². The first-order chi connectivity index (χ1) is 10.9. The molecule has 0 aromatic carbocycles. The van der Waals surface area contributed by atoms with Crippen LogP contribution in [0.1, 0.15) is 57.6 Å². The fourth-order valence-corrected chi connectivity index (χ4v) is 3.74. The van der Waals surface area contributed by atoms with Crippen LogP contribution in [0.2, 0.25) is 0 Å². The summed E-state index contributed by atoms with van der Waals surface area (Å²) in [4.78, 5) is 14.8. The van der Waals surface area contributed by atoms with E-state index in [-0.39, 0.29) is 29.6 Å². The van der Waals surface area contributed by atoms with Crippen molar-refractivity contribution in [2.45, 2.75) is 58.9 Å². The number of likely N-dealkylation sites (tertiary alicyclic amines) is 1. The molecule has 2 aliphatic rings. The monoisotopic (exact) mass is 326 g/mol. The first-order valence-electron chi connectivity index (χ1n) is 8.36. The molecule has 0 aliphatic carbocycles. The first kappa shape index (κ1) is 16.3. The van der Waals surface area contributed by atoms with Crippen LogP contribution in [0.3, 0.4) is 0 Å². The van der Waals surface area contributed by atoms with Crippen molar-refractivity contribution >= 4 is 5.91 Å². The van der Waals surface area contributed by atoms with Gasteiger partial charge in [0, 0.05) is 26.1 Å². The average Bonchev–Trinajstić information content (AvgIpc) is 2.83. The smallest absolute Gasteiger partial charge is 0.297 e. The van der Waals surface area contributed by atoms with Crippen LogP contribution >= 0.6 is 0 Å². The molecule has 1 fully saturated rings.